The van der Waals surface area contributed by atoms with Gasteiger partial charge in [0.15, 0.2) is 0 Å². The van der Waals surface area contributed by atoms with Gasteiger partial charge in [-0.25, -0.2) is 19.9 Å². The Kier molecular flexibility index (Phi) is 11.7. The van der Waals surface area contributed by atoms with Gasteiger partial charge in [0, 0.05) is 36.2 Å². The van der Waals surface area contributed by atoms with Crippen LogP contribution in [0.4, 0.5) is 23.0 Å². The number of aromatic nitrogens is 4. The molecule has 0 unspecified atom stereocenters. The fourth-order valence-electron chi connectivity index (χ4n) is 4.71. The maximum Gasteiger partial charge on any atom is 0.144 e. The van der Waals surface area contributed by atoms with Gasteiger partial charge in [-0.1, -0.05) is 24.3 Å². The van der Waals surface area contributed by atoms with Gasteiger partial charge in [-0.2, -0.15) is 0 Å². The van der Waals surface area contributed by atoms with Crippen molar-refractivity contribution in [3.8, 4) is 11.5 Å². The molecule has 2 aromatic heterocycles. The summed E-state index contributed by atoms with van der Waals surface area (Å²) < 4.78 is 10.4. The van der Waals surface area contributed by atoms with Gasteiger partial charge >= 0.3 is 0 Å². The van der Waals surface area contributed by atoms with Gasteiger partial charge in [0.2, 0.25) is 0 Å². The Bertz CT molecular complexity index is 1680. The van der Waals surface area contributed by atoms with Crippen LogP contribution in [-0.4, -0.2) is 48.3 Å². The van der Waals surface area contributed by atoms with Crippen molar-refractivity contribution in [1.82, 2.24) is 19.9 Å². The van der Waals surface area contributed by atoms with E-state index in [1.165, 1.54) is 0 Å². The van der Waals surface area contributed by atoms with Crippen LogP contribution in [0.5, 0.6) is 11.5 Å². The third-order valence-corrected chi connectivity index (χ3v) is 6.94. The van der Waals surface area contributed by atoms with Crippen molar-refractivity contribution in [1.29, 1.82) is 0 Å². The molecule has 10 heteroatoms. The summed E-state index contributed by atoms with van der Waals surface area (Å²) in [6.45, 7) is 3.83. The number of para-hydroxylation sites is 2. The predicted molar refractivity (Wildman–Crippen MR) is 185 cm³/mol. The average Bonchev–Trinajstić information content (AvgIpc) is 3.03. The molecule has 0 spiro atoms. The van der Waals surface area contributed by atoms with Gasteiger partial charge in [-0.3, -0.25) is 0 Å². The second-order valence-corrected chi connectivity index (χ2v) is 9.74. The average molecular weight is 632 g/mol. The first-order valence-corrected chi connectivity index (χ1v) is 13.6. The molecule has 0 saturated carbocycles. The molecule has 0 aliphatic carbocycles. The minimum absolute atomic E-state index is 0. The van der Waals surface area contributed by atoms with E-state index in [4.69, 9.17) is 9.47 Å². The SMILES string of the molecule is COc1ccc(N(C)c2nc(C)nc3ccccc23)cc1.COc1ccc(N(C)c2nc(C)nc3ccccc23)cc1.Cl.Cl. The van der Waals surface area contributed by atoms with E-state index in [2.05, 4.69) is 29.7 Å². The van der Waals surface area contributed by atoms with E-state index in [9.17, 15) is 0 Å². The van der Waals surface area contributed by atoms with Crippen molar-refractivity contribution in [2.75, 3.05) is 38.1 Å². The Hall–Kier alpha value is -4.66. The Morgan fingerprint density at radius 2 is 0.818 bits per heavy atom. The maximum absolute atomic E-state index is 5.20. The van der Waals surface area contributed by atoms with Crippen LogP contribution in [0.3, 0.4) is 0 Å². The number of rotatable bonds is 6. The predicted octanol–water partition coefficient (Wildman–Crippen LogP) is 8.27. The van der Waals surface area contributed by atoms with Crippen molar-refractivity contribution in [3.63, 3.8) is 0 Å². The first kappa shape index (κ1) is 33.8. The summed E-state index contributed by atoms with van der Waals surface area (Å²) in [5, 5.41) is 2.09. The number of anilines is 4. The van der Waals surface area contributed by atoms with E-state index in [1.807, 2.05) is 125 Å². The van der Waals surface area contributed by atoms with E-state index < -0.39 is 0 Å². The van der Waals surface area contributed by atoms with Crippen LogP contribution >= 0.6 is 24.8 Å². The van der Waals surface area contributed by atoms with Gasteiger partial charge in [0.1, 0.15) is 34.8 Å². The third kappa shape index (κ3) is 7.45. The summed E-state index contributed by atoms with van der Waals surface area (Å²) in [7, 11) is 7.35. The Morgan fingerprint density at radius 1 is 0.477 bits per heavy atom. The second kappa shape index (κ2) is 15.2. The van der Waals surface area contributed by atoms with Crippen LogP contribution in [0.1, 0.15) is 11.6 Å². The zero-order valence-corrected chi connectivity index (χ0v) is 27.2. The van der Waals surface area contributed by atoms with E-state index in [1.54, 1.807) is 14.2 Å². The number of benzene rings is 4. The summed E-state index contributed by atoms with van der Waals surface area (Å²) in [6.07, 6.45) is 0. The summed E-state index contributed by atoms with van der Waals surface area (Å²) in [4.78, 5) is 22.3. The first-order valence-electron chi connectivity index (χ1n) is 13.6. The van der Waals surface area contributed by atoms with Gasteiger partial charge in [0.25, 0.3) is 0 Å². The molecule has 44 heavy (non-hydrogen) atoms. The number of hydrogen-bond acceptors (Lipinski definition) is 8. The van der Waals surface area contributed by atoms with Gasteiger partial charge in [-0.05, 0) is 86.6 Å². The maximum atomic E-state index is 5.20. The molecule has 4 aromatic carbocycles. The number of aryl methyl sites for hydroxylation is 2. The fraction of sp³-hybridized carbons (Fsp3) is 0.176. The Labute approximate surface area is 270 Å². The van der Waals surface area contributed by atoms with E-state index in [-0.39, 0.29) is 24.8 Å². The van der Waals surface area contributed by atoms with Gasteiger partial charge < -0.3 is 19.3 Å². The fourth-order valence-corrected chi connectivity index (χ4v) is 4.71. The lowest BCUT2D eigenvalue weighted by Gasteiger charge is -2.20. The molecule has 0 amide bonds. The van der Waals surface area contributed by atoms with Crippen LogP contribution in [-0.2, 0) is 0 Å². The van der Waals surface area contributed by atoms with E-state index >= 15 is 0 Å². The van der Waals surface area contributed by atoms with E-state index in [0.717, 1.165) is 68.0 Å². The minimum Gasteiger partial charge on any atom is -0.497 e. The van der Waals surface area contributed by atoms with Crippen LogP contribution in [0, 0.1) is 13.8 Å². The zero-order valence-electron chi connectivity index (χ0n) is 25.6. The molecule has 0 aliphatic heterocycles. The highest BCUT2D eigenvalue weighted by Gasteiger charge is 2.13. The number of halogens is 2. The van der Waals surface area contributed by atoms with Crippen LogP contribution in [0.2, 0.25) is 0 Å². The van der Waals surface area contributed by atoms with Gasteiger partial charge in [0.05, 0.1) is 25.3 Å². The number of methoxy groups -OCH3 is 2. The molecule has 0 fully saturated rings. The molecule has 0 radical (unpaired) electrons. The van der Waals surface area contributed by atoms with Crippen LogP contribution in [0.15, 0.2) is 97.1 Å². The Balaban J connectivity index is 0.000000230. The molecule has 6 aromatic rings. The lowest BCUT2D eigenvalue weighted by Crippen LogP contribution is -2.12. The lowest BCUT2D eigenvalue weighted by molar-refractivity contribution is 0.414. The molecule has 2 heterocycles. The molecule has 0 aliphatic rings. The second-order valence-electron chi connectivity index (χ2n) is 9.74. The normalized spacial score (nSPS) is 10.1. The molecule has 8 nitrogen and oxygen atoms in total. The number of hydrogen-bond donors (Lipinski definition) is 0. The molecular weight excluding hydrogens is 595 g/mol. The van der Waals surface area contributed by atoms with Crippen LogP contribution in [0.25, 0.3) is 21.8 Å². The highest BCUT2D eigenvalue weighted by Crippen LogP contribution is 2.31. The monoisotopic (exact) mass is 630 g/mol. The smallest absolute Gasteiger partial charge is 0.144 e. The molecule has 0 N–H and O–H groups in total. The summed E-state index contributed by atoms with van der Waals surface area (Å²) in [5.74, 6) is 5.03. The topological polar surface area (TPSA) is 76.5 Å². The molecule has 0 bridgehead atoms. The summed E-state index contributed by atoms with van der Waals surface area (Å²) in [6, 6.07) is 32.0. The van der Waals surface area contributed by atoms with Crippen LogP contribution < -0.4 is 19.3 Å². The van der Waals surface area contributed by atoms with Crippen molar-refractivity contribution < 1.29 is 9.47 Å². The van der Waals surface area contributed by atoms with Crippen molar-refractivity contribution in [2.45, 2.75) is 13.8 Å². The largest absolute Gasteiger partial charge is 0.497 e. The molecule has 0 saturated heterocycles. The van der Waals surface area contributed by atoms with Crippen molar-refractivity contribution >= 4 is 69.6 Å². The third-order valence-electron chi connectivity index (χ3n) is 6.94. The number of fused-ring (bicyclic) bond motifs is 2. The molecule has 228 valence electrons. The van der Waals surface area contributed by atoms with Crippen molar-refractivity contribution in [3.05, 3.63) is 109 Å². The summed E-state index contributed by atoms with van der Waals surface area (Å²) >= 11 is 0. The lowest BCUT2D eigenvalue weighted by atomic mass is 10.2. The number of ether oxygens (including phenoxy) is 2. The van der Waals surface area contributed by atoms with E-state index in [0.29, 0.717) is 0 Å². The van der Waals surface area contributed by atoms with Crippen molar-refractivity contribution in [2.24, 2.45) is 0 Å². The minimum atomic E-state index is 0. The number of nitrogens with zero attached hydrogens (tertiary/aromatic N) is 6. The molecule has 0 atom stereocenters. The standard InChI is InChI=1S/2C17H17N3O.2ClH/c2*1-12-18-16-7-5-4-6-15(16)17(19-12)20(2)13-8-10-14(21-3)11-9-13;;/h2*4-11H,1-3H3;2*1H. The Morgan fingerprint density at radius 3 is 1.16 bits per heavy atom. The highest BCUT2D eigenvalue weighted by atomic mass is 35.5. The summed E-state index contributed by atoms with van der Waals surface area (Å²) in [5.41, 5.74) is 4.03. The quantitative estimate of drug-likeness (QED) is 0.182. The first-order chi connectivity index (χ1) is 20.4. The van der Waals surface area contributed by atoms with Gasteiger partial charge in [-0.15, -0.1) is 24.8 Å². The molecule has 6 rings (SSSR count). The highest BCUT2D eigenvalue weighted by molar-refractivity contribution is 5.92. The zero-order chi connectivity index (χ0) is 29.6. The molecular formula is C34H36Cl2N6O2.